The van der Waals surface area contributed by atoms with E-state index in [1.807, 2.05) is 34.6 Å². The average Bonchev–Trinajstić information content (AvgIpc) is 2.98. The normalized spacial score (nSPS) is 22.6. The van der Waals surface area contributed by atoms with Gasteiger partial charge in [-0.3, -0.25) is 0 Å². The second-order valence-electron chi connectivity index (χ2n) is 5.58. The van der Waals surface area contributed by atoms with E-state index >= 15 is 0 Å². The lowest BCUT2D eigenvalue weighted by atomic mass is 9.95. The van der Waals surface area contributed by atoms with Crippen molar-refractivity contribution >= 4 is 10.0 Å². The predicted molar refractivity (Wildman–Crippen MR) is 76.8 cm³/mol. The summed E-state index contributed by atoms with van der Waals surface area (Å²) in [6.07, 6.45) is 0.723. The summed E-state index contributed by atoms with van der Waals surface area (Å²) in [5.41, 5.74) is 10.6. The highest BCUT2D eigenvalue weighted by atomic mass is 32.2. The van der Waals surface area contributed by atoms with Gasteiger partial charge in [-0.05, 0) is 68.9 Å². The highest BCUT2D eigenvalue weighted by molar-refractivity contribution is 7.89. The van der Waals surface area contributed by atoms with Crippen LogP contribution < -0.4 is 10.5 Å². The molecule has 0 radical (unpaired) electrons. The predicted octanol–water partition coefficient (Wildman–Crippen LogP) is 1.61. The van der Waals surface area contributed by atoms with E-state index in [4.69, 9.17) is 5.73 Å². The van der Waals surface area contributed by atoms with Gasteiger partial charge in [-0.2, -0.15) is 0 Å². The molecule has 2 unspecified atom stereocenters. The Kier molecular flexibility index (Phi) is 3.49. The van der Waals surface area contributed by atoms with Crippen molar-refractivity contribution in [1.82, 2.24) is 4.72 Å². The van der Waals surface area contributed by atoms with Crippen molar-refractivity contribution < 1.29 is 8.42 Å². The first-order chi connectivity index (χ1) is 8.66. The molecule has 0 heterocycles. The van der Waals surface area contributed by atoms with Crippen molar-refractivity contribution in [3.05, 3.63) is 27.8 Å². The molecule has 2 atom stereocenters. The van der Waals surface area contributed by atoms with Gasteiger partial charge in [-0.25, -0.2) is 13.1 Å². The number of hydrogen-bond donors (Lipinski definition) is 2. The van der Waals surface area contributed by atoms with E-state index in [1.165, 1.54) is 0 Å². The van der Waals surface area contributed by atoms with Crippen LogP contribution in [-0.2, 0) is 10.0 Å². The van der Waals surface area contributed by atoms with Crippen molar-refractivity contribution in [2.24, 2.45) is 5.73 Å². The third-order valence-electron chi connectivity index (χ3n) is 4.35. The van der Waals surface area contributed by atoms with Gasteiger partial charge < -0.3 is 5.73 Å². The van der Waals surface area contributed by atoms with Crippen LogP contribution in [0.4, 0.5) is 0 Å². The minimum Gasteiger partial charge on any atom is -0.326 e. The zero-order valence-electron chi connectivity index (χ0n) is 12.2. The Bertz CT molecular complexity index is 606. The van der Waals surface area contributed by atoms with Crippen LogP contribution >= 0.6 is 0 Å². The topological polar surface area (TPSA) is 72.2 Å². The maximum absolute atomic E-state index is 12.5. The van der Waals surface area contributed by atoms with E-state index in [2.05, 4.69) is 4.72 Å². The Morgan fingerprint density at radius 2 is 1.32 bits per heavy atom. The molecule has 1 aliphatic carbocycles. The number of nitrogens with two attached hydrogens (primary N) is 1. The number of benzene rings is 1. The maximum Gasteiger partial charge on any atom is 0.241 e. The number of nitrogens with one attached hydrogen (secondary N) is 1. The summed E-state index contributed by atoms with van der Waals surface area (Å²) in [4.78, 5) is 0.423. The van der Waals surface area contributed by atoms with Crippen LogP contribution in [0.1, 0.15) is 34.2 Å². The summed E-state index contributed by atoms with van der Waals surface area (Å²) in [7, 11) is -3.48. The lowest BCUT2D eigenvalue weighted by Gasteiger charge is -2.19. The first kappa shape index (κ1) is 14.5. The quantitative estimate of drug-likeness (QED) is 0.884. The highest BCUT2D eigenvalue weighted by Crippen LogP contribution is 2.31. The van der Waals surface area contributed by atoms with Crippen molar-refractivity contribution in [1.29, 1.82) is 0 Å². The molecule has 1 aliphatic rings. The summed E-state index contributed by atoms with van der Waals surface area (Å²) in [6, 6.07) is -0.145. The second-order valence-corrected chi connectivity index (χ2v) is 7.23. The van der Waals surface area contributed by atoms with E-state index in [-0.39, 0.29) is 12.1 Å². The lowest BCUT2D eigenvalue weighted by molar-refractivity contribution is 0.578. The molecule has 19 heavy (non-hydrogen) atoms. The fourth-order valence-corrected chi connectivity index (χ4v) is 4.38. The first-order valence-electron chi connectivity index (χ1n) is 6.51. The molecule has 0 spiro atoms. The molecule has 1 aromatic carbocycles. The van der Waals surface area contributed by atoms with Crippen LogP contribution in [0.5, 0.6) is 0 Å². The minimum atomic E-state index is -3.48. The van der Waals surface area contributed by atoms with Gasteiger partial charge in [0.15, 0.2) is 0 Å². The summed E-state index contributed by atoms with van der Waals surface area (Å²) in [6.45, 7) is 9.72. The summed E-state index contributed by atoms with van der Waals surface area (Å²) >= 11 is 0. The smallest absolute Gasteiger partial charge is 0.241 e. The Morgan fingerprint density at radius 1 is 0.947 bits per heavy atom. The number of rotatable bonds is 3. The van der Waals surface area contributed by atoms with Gasteiger partial charge in [0.2, 0.25) is 10.0 Å². The monoisotopic (exact) mass is 282 g/mol. The third-order valence-corrected chi connectivity index (χ3v) is 6.11. The molecule has 1 aromatic rings. The maximum atomic E-state index is 12.5. The fourth-order valence-electron chi connectivity index (χ4n) is 2.48. The van der Waals surface area contributed by atoms with E-state index < -0.39 is 10.0 Å². The molecule has 4 nitrogen and oxygen atoms in total. The van der Waals surface area contributed by atoms with Crippen molar-refractivity contribution in [3.63, 3.8) is 0 Å². The fraction of sp³-hybridized carbons (Fsp3) is 0.571. The SMILES string of the molecule is Cc1c(C)c(C)c(S(=O)(=O)NC2CC2N)c(C)c1C. The van der Waals surface area contributed by atoms with Gasteiger partial charge in [0.05, 0.1) is 4.90 Å². The van der Waals surface area contributed by atoms with Crippen molar-refractivity contribution in [2.75, 3.05) is 0 Å². The Hall–Kier alpha value is -0.910. The average molecular weight is 282 g/mol. The molecule has 0 saturated heterocycles. The van der Waals surface area contributed by atoms with Crippen LogP contribution in [0.3, 0.4) is 0 Å². The molecule has 1 fully saturated rings. The van der Waals surface area contributed by atoms with Gasteiger partial charge in [0.1, 0.15) is 0 Å². The van der Waals surface area contributed by atoms with Crippen molar-refractivity contribution in [3.8, 4) is 0 Å². The summed E-state index contributed by atoms with van der Waals surface area (Å²) in [5, 5.41) is 0. The first-order valence-corrected chi connectivity index (χ1v) is 8.00. The summed E-state index contributed by atoms with van der Waals surface area (Å²) < 4.78 is 27.7. The zero-order valence-corrected chi connectivity index (χ0v) is 13.0. The Balaban J connectivity index is 2.56. The van der Waals surface area contributed by atoms with Crippen LogP contribution in [0.2, 0.25) is 0 Å². The number of sulfonamides is 1. The molecule has 0 aromatic heterocycles. The molecule has 0 amide bonds. The van der Waals surface area contributed by atoms with Gasteiger partial charge in [0, 0.05) is 12.1 Å². The number of hydrogen-bond acceptors (Lipinski definition) is 3. The van der Waals surface area contributed by atoms with E-state index in [9.17, 15) is 8.42 Å². The molecular formula is C14H22N2O2S. The van der Waals surface area contributed by atoms with E-state index in [0.717, 1.165) is 34.2 Å². The lowest BCUT2D eigenvalue weighted by Crippen LogP contribution is -2.31. The van der Waals surface area contributed by atoms with Gasteiger partial charge in [-0.15, -0.1) is 0 Å². The van der Waals surface area contributed by atoms with Crippen LogP contribution in [0.15, 0.2) is 4.90 Å². The molecule has 3 N–H and O–H groups in total. The van der Waals surface area contributed by atoms with Crippen LogP contribution in [0, 0.1) is 34.6 Å². The minimum absolute atomic E-state index is 0.0389. The standard InChI is InChI=1S/C14H22N2O2S/c1-7-8(2)10(4)14(11(5)9(7)3)19(17,18)16-13-6-12(13)15/h12-13,16H,6,15H2,1-5H3. The van der Waals surface area contributed by atoms with Crippen molar-refractivity contribution in [2.45, 2.75) is 58.0 Å². The highest BCUT2D eigenvalue weighted by Gasteiger charge is 2.38. The van der Waals surface area contributed by atoms with Gasteiger partial charge in [0.25, 0.3) is 0 Å². The zero-order chi connectivity index (χ0) is 14.5. The van der Waals surface area contributed by atoms with Crippen LogP contribution in [0.25, 0.3) is 0 Å². The molecule has 0 aliphatic heterocycles. The van der Waals surface area contributed by atoms with Crippen LogP contribution in [-0.4, -0.2) is 20.5 Å². The summed E-state index contributed by atoms with van der Waals surface area (Å²) in [5.74, 6) is 0. The third kappa shape index (κ3) is 2.42. The van der Waals surface area contributed by atoms with E-state index in [1.54, 1.807) is 0 Å². The largest absolute Gasteiger partial charge is 0.326 e. The second kappa shape index (κ2) is 4.58. The molecular weight excluding hydrogens is 260 g/mol. The van der Waals surface area contributed by atoms with E-state index in [0.29, 0.717) is 4.90 Å². The molecule has 0 bridgehead atoms. The molecule has 2 rings (SSSR count). The Labute approximate surface area is 115 Å². The molecule has 1 saturated carbocycles. The molecule has 106 valence electrons. The Morgan fingerprint density at radius 3 is 1.68 bits per heavy atom. The van der Waals surface area contributed by atoms with Gasteiger partial charge in [-0.1, -0.05) is 0 Å². The molecule has 5 heteroatoms. The van der Waals surface area contributed by atoms with Gasteiger partial charge >= 0.3 is 0 Å².